The first-order chi connectivity index (χ1) is 10.2. The number of hydrogen-bond donors (Lipinski definition) is 0. The molecule has 126 valence electrons. The highest BCUT2D eigenvalue weighted by Crippen LogP contribution is 2.45. The molecule has 1 aliphatic carbocycles. The molecule has 1 fully saturated rings. The summed E-state index contributed by atoms with van der Waals surface area (Å²) >= 11 is 0. The van der Waals surface area contributed by atoms with Crippen molar-refractivity contribution in [3.63, 3.8) is 0 Å². The summed E-state index contributed by atoms with van der Waals surface area (Å²) < 4.78 is 0. The highest BCUT2D eigenvalue weighted by atomic mass is 14.4. The molecule has 0 spiro atoms. The van der Waals surface area contributed by atoms with Crippen LogP contribution in [0.2, 0.25) is 0 Å². The van der Waals surface area contributed by atoms with Crippen LogP contribution >= 0.6 is 0 Å². The predicted octanol–water partition coefficient (Wildman–Crippen LogP) is 7.76. The largest absolute Gasteiger partial charge is 0.0654 e. The van der Waals surface area contributed by atoms with E-state index in [1.165, 1.54) is 77.0 Å². The minimum absolute atomic E-state index is 0.902. The molecule has 2 unspecified atom stereocenters. The van der Waals surface area contributed by atoms with Gasteiger partial charge in [-0.15, -0.1) is 0 Å². The van der Waals surface area contributed by atoms with Crippen molar-refractivity contribution in [3.8, 4) is 0 Å². The number of hydrogen-bond acceptors (Lipinski definition) is 0. The van der Waals surface area contributed by atoms with E-state index in [1.807, 2.05) is 0 Å². The first-order valence-corrected chi connectivity index (χ1v) is 10.2. The van der Waals surface area contributed by atoms with E-state index < -0.39 is 0 Å². The Morgan fingerprint density at radius 2 is 1.14 bits per heavy atom. The molecule has 1 saturated carbocycles. The van der Waals surface area contributed by atoms with E-state index >= 15 is 0 Å². The summed E-state index contributed by atoms with van der Waals surface area (Å²) in [5, 5.41) is 0. The Balaban J connectivity index is 1.76. The Morgan fingerprint density at radius 1 is 0.667 bits per heavy atom. The minimum Gasteiger partial charge on any atom is -0.0654 e. The van der Waals surface area contributed by atoms with Crippen molar-refractivity contribution >= 4 is 0 Å². The quantitative estimate of drug-likeness (QED) is 0.271. The molecule has 2 atom stereocenters. The second-order valence-corrected chi connectivity index (χ2v) is 8.05. The zero-order chi connectivity index (χ0) is 15.3. The van der Waals surface area contributed by atoms with Crippen molar-refractivity contribution in [1.29, 1.82) is 0 Å². The average Bonchev–Trinajstić information content (AvgIpc) is 3.20. The monoisotopic (exact) mass is 294 g/mol. The molecule has 21 heavy (non-hydrogen) atoms. The van der Waals surface area contributed by atoms with Crippen LogP contribution in [0, 0.1) is 17.8 Å². The summed E-state index contributed by atoms with van der Waals surface area (Å²) in [6.07, 6.45) is 22.3. The van der Waals surface area contributed by atoms with Crippen molar-refractivity contribution in [1.82, 2.24) is 0 Å². The van der Waals surface area contributed by atoms with E-state index in [0.717, 1.165) is 17.8 Å². The van der Waals surface area contributed by atoms with Crippen molar-refractivity contribution in [2.45, 2.75) is 117 Å². The molecule has 0 radical (unpaired) electrons. The molecule has 0 heteroatoms. The first kappa shape index (κ1) is 19.0. The summed E-state index contributed by atoms with van der Waals surface area (Å²) in [7, 11) is 0. The zero-order valence-electron chi connectivity index (χ0n) is 15.3. The van der Waals surface area contributed by atoms with Gasteiger partial charge in [0.25, 0.3) is 0 Å². The van der Waals surface area contributed by atoms with Crippen LogP contribution in [0.1, 0.15) is 117 Å². The van der Waals surface area contributed by atoms with Crippen LogP contribution in [0.4, 0.5) is 0 Å². The van der Waals surface area contributed by atoms with Crippen LogP contribution in [-0.4, -0.2) is 0 Å². The Hall–Kier alpha value is 0. The average molecular weight is 295 g/mol. The maximum Gasteiger partial charge on any atom is -0.0383 e. The maximum absolute atomic E-state index is 2.34. The Bertz CT molecular complexity index is 218. The standard InChI is InChI=1S/C21H42/c1-4-5-6-7-10-13-16-20-18-21(20)17-14-11-8-9-12-15-19(2)3/h19-21H,4-18H2,1-3H3. The highest BCUT2D eigenvalue weighted by molar-refractivity contribution is 4.85. The molecule has 0 heterocycles. The molecule has 1 aliphatic rings. The lowest BCUT2D eigenvalue weighted by Crippen LogP contribution is -1.88. The van der Waals surface area contributed by atoms with Crippen molar-refractivity contribution in [3.05, 3.63) is 0 Å². The molecular weight excluding hydrogens is 252 g/mol. The second kappa shape index (κ2) is 12.5. The van der Waals surface area contributed by atoms with E-state index in [1.54, 1.807) is 19.3 Å². The number of rotatable bonds is 15. The Kier molecular flexibility index (Phi) is 11.4. The molecular formula is C21H42. The predicted molar refractivity (Wildman–Crippen MR) is 96.7 cm³/mol. The summed E-state index contributed by atoms with van der Waals surface area (Å²) in [4.78, 5) is 0. The topological polar surface area (TPSA) is 0 Å². The highest BCUT2D eigenvalue weighted by Gasteiger charge is 2.34. The van der Waals surface area contributed by atoms with Gasteiger partial charge in [-0.05, 0) is 24.2 Å². The molecule has 0 saturated heterocycles. The molecule has 1 rings (SSSR count). The first-order valence-electron chi connectivity index (χ1n) is 10.2. The van der Waals surface area contributed by atoms with Crippen molar-refractivity contribution in [2.75, 3.05) is 0 Å². The molecule has 0 aliphatic heterocycles. The molecule has 0 aromatic heterocycles. The van der Waals surface area contributed by atoms with E-state index in [0.29, 0.717) is 0 Å². The fraction of sp³-hybridized carbons (Fsp3) is 1.00. The van der Waals surface area contributed by atoms with Crippen LogP contribution in [0.15, 0.2) is 0 Å². The normalized spacial score (nSPS) is 21.1. The van der Waals surface area contributed by atoms with Gasteiger partial charge in [0.05, 0.1) is 0 Å². The summed E-state index contributed by atoms with van der Waals surface area (Å²) in [6, 6.07) is 0. The van der Waals surface area contributed by atoms with Crippen LogP contribution in [0.25, 0.3) is 0 Å². The molecule has 0 aromatic rings. The van der Waals surface area contributed by atoms with E-state index in [4.69, 9.17) is 0 Å². The Morgan fingerprint density at radius 3 is 1.67 bits per heavy atom. The Labute approximate surface area is 135 Å². The molecule has 0 bridgehead atoms. The lowest BCUT2D eigenvalue weighted by Gasteiger charge is -2.04. The molecule has 0 N–H and O–H groups in total. The molecule has 0 amide bonds. The smallest absolute Gasteiger partial charge is 0.0383 e. The minimum atomic E-state index is 0.902. The van der Waals surface area contributed by atoms with E-state index in [9.17, 15) is 0 Å². The third-order valence-corrected chi connectivity index (χ3v) is 5.35. The van der Waals surface area contributed by atoms with Gasteiger partial charge < -0.3 is 0 Å². The van der Waals surface area contributed by atoms with Gasteiger partial charge in [-0.25, -0.2) is 0 Å². The zero-order valence-corrected chi connectivity index (χ0v) is 15.3. The lowest BCUT2D eigenvalue weighted by molar-refractivity contribution is 0.495. The summed E-state index contributed by atoms with van der Waals surface area (Å²) in [6.45, 7) is 6.99. The van der Waals surface area contributed by atoms with E-state index in [-0.39, 0.29) is 0 Å². The summed E-state index contributed by atoms with van der Waals surface area (Å²) in [5.74, 6) is 3.17. The van der Waals surface area contributed by atoms with Crippen LogP contribution < -0.4 is 0 Å². The van der Waals surface area contributed by atoms with Gasteiger partial charge in [-0.1, -0.05) is 111 Å². The lowest BCUT2D eigenvalue weighted by atomic mass is 10.0. The van der Waals surface area contributed by atoms with Gasteiger partial charge >= 0.3 is 0 Å². The van der Waals surface area contributed by atoms with E-state index in [2.05, 4.69) is 20.8 Å². The van der Waals surface area contributed by atoms with Gasteiger partial charge in [0, 0.05) is 0 Å². The van der Waals surface area contributed by atoms with Gasteiger partial charge in [0.2, 0.25) is 0 Å². The van der Waals surface area contributed by atoms with Gasteiger partial charge in [0.1, 0.15) is 0 Å². The van der Waals surface area contributed by atoms with Gasteiger partial charge in [0.15, 0.2) is 0 Å². The fourth-order valence-corrected chi connectivity index (χ4v) is 3.69. The third kappa shape index (κ3) is 11.2. The van der Waals surface area contributed by atoms with Crippen LogP contribution in [-0.2, 0) is 0 Å². The molecule has 0 nitrogen and oxygen atoms in total. The van der Waals surface area contributed by atoms with Gasteiger partial charge in [-0.3, -0.25) is 0 Å². The fourth-order valence-electron chi connectivity index (χ4n) is 3.69. The molecule has 0 aromatic carbocycles. The van der Waals surface area contributed by atoms with Crippen LogP contribution in [0.5, 0.6) is 0 Å². The van der Waals surface area contributed by atoms with Crippen LogP contribution in [0.3, 0.4) is 0 Å². The van der Waals surface area contributed by atoms with Gasteiger partial charge in [-0.2, -0.15) is 0 Å². The van der Waals surface area contributed by atoms with Crippen molar-refractivity contribution < 1.29 is 0 Å². The maximum atomic E-state index is 2.34. The third-order valence-electron chi connectivity index (χ3n) is 5.35. The summed E-state index contributed by atoms with van der Waals surface area (Å²) in [5.41, 5.74) is 0. The SMILES string of the molecule is CCCCCCCCC1CC1CCCCCCCC(C)C. The number of unbranched alkanes of at least 4 members (excludes halogenated alkanes) is 9. The second-order valence-electron chi connectivity index (χ2n) is 8.05. The van der Waals surface area contributed by atoms with Crippen molar-refractivity contribution in [2.24, 2.45) is 17.8 Å².